The van der Waals surface area contributed by atoms with Crippen molar-refractivity contribution in [2.75, 3.05) is 6.54 Å². The second-order valence-electron chi connectivity index (χ2n) is 13.0. The van der Waals surface area contributed by atoms with Gasteiger partial charge in [0.2, 0.25) is 11.8 Å². The average molecular weight is 577 g/mol. The first-order valence-corrected chi connectivity index (χ1v) is 15.7. The van der Waals surface area contributed by atoms with Crippen LogP contribution in [0.15, 0.2) is 29.9 Å². The molecular formula is C31H40N6O3S. The van der Waals surface area contributed by atoms with Crippen LogP contribution < -0.4 is 5.32 Å². The van der Waals surface area contributed by atoms with Crippen LogP contribution in [0.25, 0.3) is 10.4 Å². The number of carbonyl (C=O) groups is 2. The number of nitrogens with zero attached hydrogens (tertiary/aromatic N) is 5. The Hall–Kier alpha value is -3.11. The second-order valence-corrected chi connectivity index (χ2v) is 13.9. The summed E-state index contributed by atoms with van der Waals surface area (Å²) in [6, 6.07) is 5.01. The predicted molar refractivity (Wildman–Crippen MR) is 157 cm³/mol. The highest BCUT2D eigenvalue weighted by molar-refractivity contribution is 7.13. The number of amides is 2. The van der Waals surface area contributed by atoms with E-state index >= 15 is 0 Å². The van der Waals surface area contributed by atoms with Crippen molar-refractivity contribution < 1.29 is 14.7 Å². The van der Waals surface area contributed by atoms with Gasteiger partial charge >= 0.3 is 0 Å². The fourth-order valence-corrected chi connectivity index (χ4v) is 7.25. The highest BCUT2D eigenvalue weighted by Gasteiger charge is 2.46. The molecule has 10 heteroatoms. The lowest BCUT2D eigenvalue weighted by Crippen LogP contribution is -2.50. The summed E-state index contributed by atoms with van der Waals surface area (Å²) in [5.41, 5.74) is 6.92. The summed E-state index contributed by atoms with van der Waals surface area (Å²) < 4.78 is 1.67. The molecule has 0 radical (unpaired) electrons. The normalized spacial score (nSPS) is 23.6. The van der Waals surface area contributed by atoms with Crippen LogP contribution in [0, 0.1) is 12.3 Å². The number of aliphatic hydroxyl groups is 1. The van der Waals surface area contributed by atoms with E-state index in [1.54, 1.807) is 20.9 Å². The van der Waals surface area contributed by atoms with Gasteiger partial charge in [-0.3, -0.25) is 9.59 Å². The third-order valence-electron chi connectivity index (χ3n) is 8.74. The fourth-order valence-electron chi connectivity index (χ4n) is 6.45. The first-order valence-electron chi connectivity index (χ1n) is 14.8. The second kappa shape index (κ2) is 10.9. The fraction of sp³-hybridized carbons (Fsp3) is 0.581. The molecule has 2 aliphatic carbocycles. The number of aryl methyl sites for hydroxylation is 2. The lowest BCUT2D eigenvalue weighted by molar-refractivity contribution is -0.144. The molecule has 4 atom stereocenters. The van der Waals surface area contributed by atoms with Gasteiger partial charge in [0.15, 0.2) is 0 Å². The van der Waals surface area contributed by atoms with Gasteiger partial charge < -0.3 is 15.3 Å². The molecule has 3 heterocycles. The van der Waals surface area contributed by atoms with Crippen LogP contribution in [0.3, 0.4) is 0 Å². The van der Waals surface area contributed by atoms with Crippen LogP contribution in [-0.2, 0) is 16.0 Å². The standard InChI is InChI=1S/C31H40N6O3S/c1-18-27(41-17-32-18)21-11-12-23-20(13-21)7-5-6-8-24(23)33-29(39)26-14-22(38)15-36(26)30(40)28(31(2,3)4)37-16-25(34-35-37)19-9-10-19/h11-13,16-17,19,22,24,26,28,38H,5-10,14-15H2,1-4H3,(H,33,39)/t22-,24-,26+,28-/m1/s1. The minimum Gasteiger partial charge on any atom is -0.391 e. The van der Waals surface area contributed by atoms with Crippen molar-refractivity contribution in [2.45, 2.75) is 103 Å². The quantitative estimate of drug-likeness (QED) is 0.411. The Morgan fingerprint density at radius 3 is 2.68 bits per heavy atom. The van der Waals surface area contributed by atoms with Crippen LogP contribution >= 0.6 is 11.3 Å². The molecule has 2 N–H and O–H groups in total. The Bertz CT molecular complexity index is 1440. The molecule has 0 spiro atoms. The van der Waals surface area contributed by atoms with E-state index in [0.29, 0.717) is 5.92 Å². The van der Waals surface area contributed by atoms with Gasteiger partial charge in [0.25, 0.3) is 0 Å². The largest absolute Gasteiger partial charge is 0.391 e. The van der Waals surface area contributed by atoms with Gasteiger partial charge in [-0.05, 0) is 67.2 Å². The van der Waals surface area contributed by atoms with Crippen molar-refractivity contribution in [1.29, 1.82) is 0 Å². The molecule has 3 aromatic rings. The van der Waals surface area contributed by atoms with E-state index in [2.05, 4.69) is 38.8 Å². The van der Waals surface area contributed by atoms with Gasteiger partial charge in [-0.1, -0.05) is 44.5 Å². The van der Waals surface area contributed by atoms with Crippen LogP contribution in [0.5, 0.6) is 0 Å². The van der Waals surface area contributed by atoms with Crippen molar-refractivity contribution in [3.63, 3.8) is 0 Å². The van der Waals surface area contributed by atoms with Crippen LogP contribution in [0.2, 0.25) is 0 Å². The predicted octanol–water partition coefficient (Wildman–Crippen LogP) is 4.72. The monoisotopic (exact) mass is 576 g/mol. The number of carbonyl (C=O) groups excluding carboxylic acids is 2. The number of hydrogen-bond acceptors (Lipinski definition) is 7. The van der Waals surface area contributed by atoms with Crippen molar-refractivity contribution in [2.24, 2.45) is 5.41 Å². The number of fused-ring (bicyclic) bond motifs is 1. The molecule has 1 aromatic carbocycles. The summed E-state index contributed by atoms with van der Waals surface area (Å²) in [5, 5.41) is 22.6. The highest BCUT2D eigenvalue weighted by Crippen LogP contribution is 2.41. The number of nitrogens with one attached hydrogen (secondary N) is 1. The summed E-state index contributed by atoms with van der Waals surface area (Å²) in [6.45, 7) is 8.16. The molecule has 2 fully saturated rings. The van der Waals surface area contributed by atoms with Gasteiger partial charge in [0.1, 0.15) is 12.1 Å². The Kier molecular flexibility index (Phi) is 7.48. The maximum atomic E-state index is 14.1. The van der Waals surface area contributed by atoms with Crippen molar-refractivity contribution >= 4 is 23.2 Å². The molecule has 2 amide bonds. The Morgan fingerprint density at radius 1 is 1.17 bits per heavy atom. The van der Waals surface area contributed by atoms with E-state index in [1.165, 1.54) is 10.4 Å². The molecule has 2 aromatic heterocycles. The maximum Gasteiger partial charge on any atom is 0.248 e. The summed E-state index contributed by atoms with van der Waals surface area (Å²) in [7, 11) is 0. The van der Waals surface area contributed by atoms with Crippen molar-refractivity contribution in [3.8, 4) is 10.4 Å². The Morgan fingerprint density at radius 2 is 1.98 bits per heavy atom. The highest BCUT2D eigenvalue weighted by atomic mass is 32.1. The maximum absolute atomic E-state index is 14.1. The molecule has 41 heavy (non-hydrogen) atoms. The molecule has 1 saturated carbocycles. The molecule has 9 nitrogen and oxygen atoms in total. The van der Waals surface area contributed by atoms with Crippen LogP contribution in [0.1, 0.15) is 99.8 Å². The molecular weight excluding hydrogens is 536 g/mol. The minimum atomic E-state index is -0.750. The number of thiazole rings is 1. The zero-order valence-electron chi connectivity index (χ0n) is 24.3. The third kappa shape index (κ3) is 5.68. The first-order chi connectivity index (χ1) is 19.6. The number of benzene rings is 1. The SMILES string of the molecule is Cc1ncsc1-c1ccc2c(c1)CCCC[C@H]2NC(=O)[C@@H]1C[C@@H](O)CN1C(=O)[C@@H](n1cc(C2CC2)nn1)C(C)(C)C. The van der Waals surface area contributed by atoms with Gasteiger partial charge in [0.05, 0.1) is 33.9 Å². The number of hydrogen-bond donors (Lipinski definition) is 2. The molecule has 6 rings (SSSR count). The summed E-state index contributed by atoms with van der Waals surface area (Å²) >= 11 is 1.65. The van der Waals surface area contributed by atoms with E-state index in [0.717, 1.165) is 61.0 Å². The minimum absolute atomic E-state index is 0.131. The number of β-amino-alcohol motifs (C(OH)–C–C–N with tert-alkyl or cyclic N) is 1. The zero-order valence-corrected chi connectivity index (χ0v) is 25.2. The van der Waals surface area contributed by atoms with Crippen LogP contribution in [-0.4, -0.2) is 60.5 Å². The molecule has 3 aliphatic rings. The van der Waals surface area contributed by atoms with E-state index in [4.69, 9.17) is 0 Å². The molecule has 1 saturated heterocycles. The van der Waals surface area contributed by atoms with Crippen LogP contribution in [0.4, 0.5) is 0 Å². The molecule has 0 bridgehead atoms. The smallest absolute Gasteiger partial charge is 0.248 e. The van der Waals surface area contributed by atoms with E-state index in [1.807, 2.05) is 39.4 Å². The average Bonchev–Trinajstić information content (AvgIpc) is 3.37. The number of aromatic nitrogens is 4. The summed E-state index contributed by atoms with van der Waals surface area (Å²) in [6.07, 6.45) is 7.44. The molecule has 218 valence electrons. The van der Waals surface area contributed by atoms with Gasteiger partial charge in [-0.2, -0.15) is 0 Å². The van der Waals surface area contributed by atoms with E-state index in [-0.39, 0.29) is 30.8 Å². The first kappa shape index (κ1) is 28.0. The zero-order chi connectivity index (χ0) is 28.9. The number of aliphatic hydroxyl groups excluding tert-OH is 1. The van der Waals surface area contributed by atoms with E-state index < -0.39 is 23.6 Å². The van der Waals surface area contributed by atoms with E-state index in [9.17, 15) is 14.7 Å². The summed E-state index contributed by atoms with van der Waals surface area (Å²) in [4.78, 5) is 35.1. The van der Waals surface area contributed by atoms with Gasteiger partial charge in [-0.15, -0.1) is 16.4 Å². The van der Waals surface area contributed by atoms with Gasteiger partial charge in [-0.25, -0.2) is 9.67 Å². The van der Waals surface area contributed by atoms with Crippen molar-refractivity contribution in [1.82, 2.24) is 30.2 Å². The summed E-state index contributed by atoms with van der Waals surface area (Å²) in [5.74, 6) is 0.0171. The van der Waals surface area contributed by atoms with Crippen molar-refractivity contribution in [3.05, 3.63) is 52.4 Å². The molecule has 0 unspecified atom stereocenters. The number of likely N-dealkylation sites (tertiary alicyclic amines) is 1. The topological polar surface area (TPSA) is 113 Å². The lowest BCUT2D eigenvalue weighted by atomic mass is 9.85. The Labute approximate surface area is 245 Å². The number of rotatable bonds is 6. The lowest BCUT2D eigenvalue weighted by Gasteiger charge is -2.35. The van der Waals surface area contributed by atoms with Gasteiger partial charge in [0, 0.05) is 25.1 Å². The third-order valence-corrected chi connectivity index (χ3v) is 9.72. The molecule has 1 aliphatic heterocycles. The Balaban J connectivity index is 1.23.